The molecule has 0 saturated heterocycles. The van der Waals surface area contributed by atoms with Gasteiger partial charge < -0.3 is 24.6 Å². The summed E-state index contributed by atoms with van der Waals surface area (Å²) in [6.45, 7) is 6.95. The fraction of sp³-hybridized carbons (Fsp3) is 0.379. The lowest BCUT2D eigenvalue weighted by molar-refractivity contribution is -0.132. The molecule has 0 saturated carbocycles. The molecule has 1 heterocycles. The SMILES string of the molecule is CCC(C)N(CC(=O)N(CCc1ccc(OC)c(OC)c1)Cc1cccs1)C(=O)Nc1ccccc1C. The van der Waals surface area contributed by atoms with Gasteiger partial charge in [-0.05, 0) is 67.5 Å². The molecule has 3 amide bonds. The van der Waals surface area contributed by atoms with Crippen molar-refractivity contribution in [2.45, 2.75) is 46.2 Å². The van der Waals surface area contributed by atoms with E-state index >= 15 is 0 Å². The van der Waals surface area contributed by atoms with Crippen LogP contribution >= 0.6 is 11.3 Å². The highest BCUT2D eigenvalue weighted by Gasteiger charge is 2.25. The molecule has 0 aliphatic heterocycles. The Kier molecular flexibility index (Phi) is 10.4. The predicted molar refractivity (Wildman–Crippen MR) is 150 cm³/mol. The van der Waals surface area contributed by atoms with Gasteiger partial charge in [-0.15, -0.1) is 11.3 Å². The quantitative estimate of drug-likeness (QED) is 0.317. The molecule has 1 atom stereocenters. The number of para-hydroxylation sites is 1. The van der Waals surface area contributed by atoms with Gasteiger partial charge in [-0.25, -0.2) is 4.79 Å². The van der Waals surface area contributed by atoms with Crippen molar-refractivity contribution >= 4 is 29.0 Å². The molecule has 2 aromatic carbocycles. The number of hydrogen-bond acceptors (Lipinski definition) is 5. The lowest BCUT2D eigenvalue weighted by Crippen LogP contribution is -2.48. The summed E-state index contributed by atoms with van der Waals surface area (Å²) in [5, 5.41) is 5.00. The van der Waals surface area contributed by atoms with E-state index in [1.807, 2.05) is 85.6 Å². The van der Waals surface area contributed by atoms with Crippen molar-refractivity contribution in [3.63, 3.8) is 0 Å². The van der Waals surface area contributed by atoms with E-state index in [-0.39, 0.29) is 24.5 Å². The van der Waals surface area contributed by atoms with Crippen molar-refractivity contribution in [3.05, 3.63) is 76.0 Å². The second kappa shape index (κ2) is 13.7. The Morgan fingerprint density at radius 1 is 1.03 bits per heavy atom. The summed E-state index contributed by atoms with van der Waals surface area (Å²) in [5.41, 5.74) is 2.76. The molecule has 0 spiro atoms. The molecule has 0 radical (unpaired) electrons. The lowest BCUT2D eigenvalue weighted by atomic mass is 10.1. The number of thiophene rings is 1. The molecule has 0 aliphatic rings. The zero-order chi connectivity index (χ0) is 26.8. The van der Waals surface area contributed by atoms with Crippen LogP contribution in [0, 0.1) is 6.92 Å². The van der Waals surface area contributed by atoms with Gasteiger partial charge in [0.15, 0.2) is 11.5 Å². The number of carbonyl (C=O) groups is 2. The third-order valence-electron chi connectivity index (χ3n) is 6.47. The zero-order valence-corrected chi connectivity index (χ0v) is 23.1. The van der Waals surface area contributed by atoms with Crippen LogP contribution < -0.4 is 14.8 Å². The van der Waals surface area contributed by atoms with Crippen LogP contribution in [0.4, 0.5) is 10.5 Å². The van der Waals surface area contributed by atoms with Gasteiger partial charge in [0, 0.05) is 23.2 Å². The molecule has 37 heavy (non-hydrogen) atoms. The predicted octanol–water partition coefficient (Wildman–Crippen LogP) is 5.98. The highest BCUT2D eigenvalue weighted by Crippen LogP contribution is 2.28. The number of ether oxygens (including phenoxy) is 2. The summed E-state index contributed by atoms with van der Waals surface area (Å²) in [5.74, 6) is 1.24. The average molecular weight is 524 g/mol. The Bertz CT molecular complexity index is 1170. The number of rotatable bonds is 12. The van der Waals surface area contributed by atoms with Gasteiger partial charge in [-0.3, -0.25) is 4.79 Å². The van der Waals surface area contributed by atoms with Crippen LogP contribution in [0.15, 0.2) is 60.0 Å². The second-order valence-electron chi connectivity index (χ2n) is 8.96. The first-order valence-electron chi connectivity index (χ1n) is 12.5. The first-order valence-corrected chi connectivity index (χ1v) is 13.4. The normalized spacial score (nSPS) is 11.5. The number of carbonyl (C=O) groups excluding carboxylic acids is 2. The summed E-state index contributed by atoms with van der Waals surface area (Å²) in [4.78, 5) is 31.5. The molecule has 1 aromatic heterocycles. The minimum absolute atomic E-state index is 0.00400. The van der Waals surface area contributed by atoms with E-state index in [1.165, 1.54) is 0 Å². The molecule has 0 fully saturated rings. The second-order valence-corrected chi connectivity index (χ2v) is 10.00. The lowest BCUT2D eigenvalue weighted by Gasteiger charge is -2.31. The minimum atomic E-state index is -0.270. The standard InChI is InChI=1S/C29H37N3O4S/c1-6-22(3)32(29(34)30-25-12-8-7-10-21(25)2)20-28(33)31(19-24-11-9-17-37-24)16-15-23-13-14-26(35-4)27(18-23)36-5/h7-14,17-18,22H,6,15-16,19-20H2,1-5H3,(H,30,34). The average Bonchev–Trinajstić information content (AvgIpc) is 3.43. The molecule has 0 aliphatic carbocycles. The Morgan fingerprint density at radius 2 is 1.78 bits per heavy atom. The summed E-state index contributed by atoms with van der Waals surface area (Å²) < 4.78 is 10.8. The topological polar surface area (TPSA) is 71.1 Å². The Hall–Kier alpha value is -3.52. The molecule has 1 unspecified atom stereocenters. The van der Waals surface area contributed by atoms with Gasteiger partial charge in [-0.1, -0.05) is 37.3 Å². The number of aryl methyl sites for hydroxylation is 1. The molecule has 7 nitrogen and oxygen atoms in total. The maximum atomic E-state index is 13.6. The number of nitrogens with zero attached hydrogens (tertiary/aromatic N) is 2. The smallest absolute Gasteiger partial charge is 0.322 e. The molecular weight excluding hydrogens is 486 g/mol. The third-order valence-corrected chi connectivity index (χ3v) is 7.34. The Labute approximate surface area is 224 Å². The number of anilines is 1. The fourth-order valence-electron chi connectivity index (χ4n) is 3.98. The van der Waals surface area contributed by atoms with Gasteiger partial charge in [0.2, 0.25) is 5.91 Å². The van der Waals surface area contributed by atoms with Gasteiger partial charge >= 0.3 is 6.03 Å². The first-order chi connectivity index (χ1) is 17.9. The van der Waals surface area contributed by atoms with Crippen LogP contribution in [0.3, 0.4) is 0 Å². The Morgan fingerprint density at radius 3 is 2.43 bits per heavy atom. The van der Waals surface area contributed by atoms with Crippen molar-refractivity contribution in [1.29, 1.82) is 0 Å². The van der Waals surface area contributed by atoms with E-state index in [9.17, 15) is 9.59 Å². The van der Waals surface area contributed by atoms with Crippen LogP contribution in [-0.2, 0) is 17.8 Å². The summed E-state index contributed by atoms with van der Waals surface area (Å²) in [7, 11) is 3.22. The molecule has 198 valence electrons. The van der Waals surface area contributed by atoms with Crippen LogP contribution in [0.1, 0.15) is 36.3 Å². The van der Waals surface area contributed by atoms with Crippen LogP contribution in [0.5, 0.6) is 11.5 Å². The highest BCUT2D eigenvalue weighted by molar-refractivity contribution is 7.09. The van der Waals surface area contributed by atoms with Crippen LogP contribution in [0.2, 0.25) is 0 Å². The van der Waals surface area contributed by atoms with E-state index in [1.54, 1.807) is 30.5 Å². The van der Waals surface area contributed by atoms with E-state index in [0.29, 0.717) is 31.0 Å². The minimum Gasteiger partial charge on any atom is -0.493 e. The first kappa shape index (κ1) is 28.1. The van der Waals surface area contributed by atoms with E-state index < -0.39 is 0 Å². The van der Waals surface area contributed by atoms with Gasteiger partial charge in [0.05, 0.1) is 20.8 Å². The molecule has 0 bridgehead atoms. The molecule has 1 N–H and O–H groups in total. The summed E-state index contributed by atoms with van der Waals surface area (Å²) >= 11 is 1.62. The van der Waals surface area contributed by atoms with Crippen molar-refractivity contribution < 1.29 is 19.1 Å². The highest BCUT2D eigenvalue weighted by atomic mass is 32.1. The molecular formula is C29H37N3O4S. The summed E-state index contributed by atoms with van der Waals surface area (Å²) in [6, 6.07) is 17.1. The van der Waals surface area contributed by atoms with Crippen molar-refractivity contribution in [3.8, 4) is 11.5 Å². The van der Waals surface area contributed by atoms with E-state index in [4.69, 9.17) is 9.47 Å². The molecule has 8 heteroatoms. The summed E-state index contributed by atoms with van der Waals surface area (Å²) in [6.07, 6.45) is 1.39. The zero-order valence-electron chi connectivity index (χ0n) is 22.3. The number of benzene rings is 2. The Balaban J connectivity index is 1.76. The van der Waals surface area contributed by atoms with Crippen molar-refractivity contribution in [2.24, 2.45) is 0 Å². The maximum Gasteiger partial charge on any atom is 0.322 e. The van der Waals surface area contributed by atoms with Gasteiger partial charge in [0.1, 0.15) is 6.54 Å². The largest absolute Gasteiger partial charge is 0.493 e. The molecule has 3 aromatic rings. The number of methoxy groups -OCH3 is 2. The maximum absolute atomic E-state index is 13.6. The van der Waals surface area contributed by atoms with E-state index in [2.05, 4.69) is 5.32 Å². The van der Waals surface area contributed by atoms with Gasteiger partial charge in [0.25, 0.3) is 0 Å². The van der Waals surface area contributed by atoms with Crippen LogP contribution in [-0.4, -0.2) is 55.1 Å². The van der Waals surface area contributed by atoms with E-state index in [0.717, 1.165) is 28.1 Å². The van der Waals surface area contributed by atoms with Crippen LogP contribution in [0.25, 0.3) is 0 Å². The van der Waals surface area contributed by atoms with Gasteiger partial charge in [-0.2, -0.15) is 0 Å². The fourth-order valence-corrected chi connectivity index (χ4v) is 4.70. The van der Waals surface area contributed by atoms with Crippen molar-refractivity contribution in [2.75, 3.05) is 32.6 Å². The number of amides is 3. The number of hydrogen-bond donors (Lipinski definition) is 1. The number of nitrogens with one attached hydrogen (secondary N) is 1. The molecule has 3 rings (SSSR count). The monoisotopic (exact) mass is 523 g/mol. The van der Waals surface area contributed by atoms with Crippen molar-refractivity contribution in [1.82, 2.24) is 9.80 Å². The third kappa shape index (κ3) is 7.73. The number of urea groups is 1.